The maximum atomic E-state index is 12.9. The minimum atomic E-state index is -4.50. The van der Waals surface area contributed by atoms with Crippen LogP contribution in [0.25, 0.3) is 22.4 Å². The Kier molecular flexibility index (Phi) is 6.47. The van der Waals surface area contributed by atoms with E-state index in [1.54, 1.807) is 48.0 Å². The number of carbonyl (C=O) groups excluding carboxylic acids is 1. The van der Waals surface area contributed by atoms with E-state index in [-0.39, 0.29) is 30.2 Å². The van der Waals surface area contributed by atoms with Gasteiger partial charge in [0.1, 0.15) is 17.9 Å². The van der Waals surface area contributed by atoms with Gasteiger partial charge in [-0.1, -0.05) is 24.3 Å². The van der Waals surface area contributed by atoms with Gasteiger partial charge in [0.05, 0.1) is 12.1 Å². The predicted octanol–water partition coefficient (Wildman–Crippen LogP) is 4.68. The van der Waals surface area contributed by atoms with Gasteiger partial charge < -0.3 is 19.2 Å². The Morgan fingerprint density at radius 2 is 1.88 bits per heavy atom. The molecule has 0 aliphatic carbocycles. The molecule has 0 saturated heterocycles. The van der Waals surface area contributed by atoms with E-state index in [1.165, 1.54) is 11.6 Å². The molecular weight excluding hydrogens is 473 g/mol. The Labute approximate surface area is 197 Å². The van der Waals surface area contributed by atoms with Crippen LogP contribution >= 0.6 is 11.6 Å². The lowest BCUT2D eigenvalue weighted by Crippen LogP contribution is -2.14. The third-order valence-corrected chi connectivity index (χ3v) is 5.20. The highest BCUT2D eigenvalue weighted by Gasteiger charge is 2.34. The van der Waals surface area contributed by atoms with E-state index in [0.29, 0.717) is 29.0 Å². The van der Waals surface area contributed by atoms with E-state index in [4.69, 9.17) is 16.3 Å². The van der Waals surface area contributed by atoms with Gasteiger partial charge in [0.25, 0.3) is 0 Å². The Morgan fingerprint density at radius 3 is 2.53 bits per heavy atom. The molecule has 0 unspecified atom stereocenters. The third-order valence-electron chi connectivity index (χ3n) is 5.03. The average Bonchev–Trinajstić information content (AvgIpc) is 3.36. The van der Waals surface area contributed by atoms with Crippen molar-refractivity contribution < 1.29 is 22.7 Å². The number of benzene rings is 1. The van der Waals surface area contributed by atoms with Crippen LogP contribution in [0.2, 0.25) is 5.28 Å². The van der Waals surface area contributed by atoms with E-state index in [1.807, 2.05) is 0 Å². The van der Waals surface area contributed by atoms with Crippen LogP contribution < -0.4 is 5.32 Å². The molecule has 12 heteroatoms. The molecule has 34 heavy (non-hydrogen) atoms. The van der Waals surface area contributed by atoms with E-state index >= 15 is 0 Å². The van der Waals surface area contributed by atoms with E-state index in [9.17, 15) is 18.0 Å². The highest BCUT2D eigenvalue weighted by molar-refractivity contribution is 6.28. The fraction of sp³-hybridized carbons (Fsp3) is 0.273. The summed E-state index contributed by atoms with van der Waals surface area (Å²) >= 11 is 6.06. The van der Waals surface area contributed by atoms with Gasteiger partial charge >= 0.3 is 12.1 Å². The standard InChI is InChI=1S/C22H20ClF3N6O2/c1-3-34-17(33)12-32-9-8-15-18(32)19(30-21(23)28-15)27-10-13-4-6-14(7-5-13)20-29-16(11-31(20)2)22(24,25)26/h4-9,11H,3,10,12H2,1-2H3,(H,27,28,30). The average molecular weight is 493 g/mol. The normalized spacial score (nSPS) is 11.7. The summed E-state index contributed by atoms with van der Waals surface area (Å²) in [6, 6.07) is 8.69. The topological polar surface area (TPSA) is 86.9 Å². The zero-order chi connectivity index (χ0) is 24.5. The minimum Gasteiger partial charge on any atom is -0.465 e. The summed E-state index contributed by atoms with van der Waals surface area (Å²) in [5, 5.41) is 3.24. The number of ether oxygens (including phenoxy) is 1. The highest BCUT2D eigenvalue weighted by atomic mass is 35.5. The van der Waals surface area contributed by atoms with Crippen molar-refractivity contribution in [2.45, 2.75) is 26.2 Å². The monoisotopic (exact) mass is 492 g/mol. The SMILES string of the molecule is CCOC(=O)Cn1ccc2nc(Cl)nc(NCc3ccc(-c4nc(C(F)(F)F)cn4C)cc3)c21. The lowest BCUT2D eigenvalue weighted by Gasteiger charge is -2.11. The summed E-state index contributed by atoms with van der Waals surface area (Å²) < 4.78 is 46.9. The Hall–Kier alpha value is -3.60. The van der Waals surface area contributed by atoms with Crippen molar-refractivity contribution in [3.05, 3.63) is 59.3 Å². The van der Waals surface area contributed by atoms with E-state index < -0.39 is 11.9 Å². The number of imidazole rings is 1. The van der Waals surface area contributed by atoms with Gasteiger partial charge in [0, 0.05) is 31.5 Å². The number of carbonyl (C=O) groups is 1. The molecule has 4 rings (SSSR count). The smallest absolute Gasteiger partial charge is 0.434 e. The molecule has 0 saturated carbocycles. The van der Waals surface area contributed by atoms with Gasteiger partial charge in [-0.15, -0.1) is 0 Å². The molecule has 0 amide bonds. The van der Waals surface area contributed by atoms with Crippen LogP contribution in [0, 0.1) is 0 Å². The van der Waals surface area contributed by atoms with Crippen LogP contribution in [-0.4, -0.2) is 36.7 Å². The number of fused-ring (bicyclic) bond motifs is 1. The highest BCUT2D eigenvalue weighted by Crippen LogP contribution is 2.31. The molecule has 178 valence electrons. The predicted molar refractivity (Wildman–Crippen MR) is 120 cm³/mol. The van der Waals surface area contributed by atoms with E-state index in [0.717, 1.165) is 11.8 Å². The number of hydrogen-bond donors (Lipinski definition) is 1. The van der Waals surface area contributed by atoms with Crippen molar-refractivity contribution in [3.8, 4) is 11.4 Å². The van der Waals surface area contributed by atoms with Crippen molar-refractivity contribution in [1.29, 1.82) is 0 Å². The molecule has 3 aromatic heterocycles. The lowest BCUT2D eigenvalue weighted by atomic mass is 10.1. The molecule has 0 aliphatic heterocycles. The number of alkyl halides is 3. The molecule has 1 N–H and O–H groups in total. The molecular formula is C22H20ClF3N6O2. The maximum Gasteiger partial charge on any atom is 0.434 e. The fourth-order valence-electron chi connectivity index (χ4n) is 3.51. The van der Waals surface area contributed by atoms with Crippen molar-refractivity contribution in [2.75, 3.05) is 11.9 Å². The van der Waals surface area contributed by atoms with Crippen molar-refractivity contribution in [1.82, 2.24) is 24.1 Å². The maximum absolute atomic E-state index is 12.9. The lowest BCUT2D eigenvalue weighted by molar-refractivity contribution is -0.143. The molecule has 0 fully saturated rings. The number of nitrogens with one attached hydrogen (secondary N) is 1. The number of nitrogens with zero attached hydrogens (tertiary/aromatic N) is 5. The number of aromatic nitrogens is 5. The second-order valence-corrected chi connectivity index (χ2v) is 7.77. The quantitative estimate of drug-likeness (QED) is 0.298. The molecule has 0 aliphatic rings. The number of esters is 1. The number of halogens is 4. The van der Waals surface area contributed by atoms with Crippen LogP contribution in [0.1, 0.15) is 18.2 Å². The van der Waals surface area contributed by atoms with Crippen LogP contribution in [0.15, 0.2) is 42.7 Å². The molecule has 8 nitrogen and oxygen atoms in total. The van der Waals surface area contributed by atoms with Gasteiger partial charge in [0.2, 0.25) is 5.28 Å². The summed E-state index contributed by atoms with van der Waals surface area (Å²) in [4.78, 5) is 24.1. The van der Waals surface area contributed by atoms with Crippen LogP contribution in [0.4, 0.5) is 19.0 Å². The second kappa shape index (κ2) is 9.34. The molecule has 0 spiro atoms. The Balaban J connectivity index is 1.54. The molecule has 4 aromatic rings. The molecule has 0 radical (unpaired) electrons. The van der Waals surface area contributed by atoms with Crippen LogP contribution in [-0.2, 0) is 35.8 Å². The van der Waals surface area contributed by atoms with Crippen LogP contribution in [0.3, 0.4) is 0 Å². The summed E-state index contributed by atoms with van der Waals surface area (Å²) in [6.07, 6.45) is -1.84. The number of rotatable bonds is 7. The Morgan fingerprint density at radius 1 is 1.15 bits per heavy atom. The molecule has 3 heterocycles. The van der Waals surface area contributed by atoms with Crippen LogP contribution in [0.5, 0.6) is 0 Å². The van der Waals surface area contributed by atoms with Gasteiger partial charge in [-0.3, -0.25) is 4.79 Å². The zero-order valence-electron chi connectivity index (χ0n) is 18.2. The number of anilines is 1. The first-order valence-corrected chi connectivity index (χ1v) is 10.6. The largest absolute Gasteiger partial charge is 0.465 e. The van der Waals surface area contributed by atoms with Crippen molar-refractivity contribution in [3.63, 3.8) is 0 Å². The first-order chi connectivity index (χ1) is 16.2. The summed E-state index contributed by atoms with van der Waals surface area (Å²) in [7, 11) is 1.52. The van der Waals surface area contributed by atoms with Crippen molar-refractivity contribution in [2.24, 2.45) is 7.05 Å². The van der Waals surface area contributed by atoms with Gasteiger partial charge in [0.15, 0.2) is 11.5 Å². The first kappa shape index (κ1) is 23.6. The Bertz CT molecular complexity index is 1330. The van der Waals surface area contributed by atoms with E-state index in [2.05, 4.69) is 20.3 Å². The zero-order valence-corrected chi connectivity index (χ0v) is 19.0. The van der Waals surface area contributed by atoms with Gasteiger partial charge in [-0.25, -0.2) is 9.97 Å². The first-order valence-electron chi connectivity index (χ1n) is 10.3. The third kappa shape index (κ3) is 4.98. The second-order valence-electron chi connectivity index (χ2n) is 7.43. The fourth-order valence-corrected chi connectivity index (χ4v) is 3.68. The summed E-state index contributed by atoms with van der Waals surface area (Å²) in [5.74, 6) is 0.264. The van der Waals surface area contributed by atoms with Gasteiger partial charge in [-0.05, 0) is 30.2 Å². The number of aryl methyl sites for hydroxylation is 1. The van der Waals surface area contributed by atoms with Crippen molar-refractivity contribution >= 4 is 34.4 Å². The number of hydrogen-bond acceptors (Lipinski definition) is 6. The molecule has 1 aromatic carbocycles. The summed E-state index contributed by atoms with van der Waals surface area (Å²) in [6.45, 7) is 2.35. The van der Waals surface area contributed by atoms with Gasteiger partial charge in [-0.2, -0.15) is 18.2 Å². The molecule has 0 atom stereocenters. The summed E-state index contributed by atoms with van der Waals surface area (Å²) in [5.41, 5.74) is 1.63. The molecule has 0 bridgehead atoms. The minimum absolute atomic E-state index is 0.00467.